The molecule has 2 nitrogen and oxygen atoms in total. The third kappa shape index (κ3) is 2.26. The average Bonchev–Trinajstić information content (AvgIpc) is 2.66. The molecule has 1 heterocycles. The highest BCUT2D eigenvalue weighted by Crippen LogP contribution is 2.31. The van der Waals surface area contributed by atoms with Crippen LogP contribution in [0.5, 0.6) is 0 Å². The smallest absolute Gasteiger partial charge is 0.123 e. The first kappa shape index (κ1) is 11.6. The zero-order chi connectivity index (χ0) is 11.7. The van der Waals surface area contributed by atoms with Crippen LogP contribution in [0.4, 0.5) is 0 Å². The number of aromatic nitrogens is 1. The molecule has 2 N–H and O–H groups in total. The summed E-state index contributed by atoms with van der Waals surface area (Å²) in [5, 5.41) is 1.76. The van der Waals surface area contributed by atoms with Gasteiger partial charge >= 0.3 is 0 Å². The normalized spacial score (nSPS) is 12.8. The van der Waals surface area contributed by atoms with E-state index in [1.165, 1.54) is 0 Å². The SMILES string of the molecule is Cc1cc(Cl)ccc1-c1ncc(C(C)N)s1. The molecule has 1 aromatic carbocycles. The molecule has 16 heavy (non-hydrogen) atoms. The Morgan fingerprint density at radius 1 is 1.44 bits per heavy atom. The summed E-state index contributed by atoms with van der Waals surface area (Å²) in [4.78, 5) is 5.49. The van der Waals surface area contributed by atoms with Gasteiger partial charge in [-0.1, -0.05) is 17.7 Å². The molecule has 1 unspecified atom stereocenters. The number of thiazole rings is 1. The fraction of sp³-hybridized carbons (Fsp3) is 0.250. The topological polar surface area (TPSA) is 38.9 Å². The van der Waals surface area contributed by atoms with Crippen LogP contribution in [-0.4, -0.2) is 4.98 Å². The van der Waals surface area contributed by atoms with Gasteiger partial charge in [0.05, 0.1) is 0 Å². The van der Waals surface area contributed by atoms with Crippen molar-refractivity contribution in [2.45, 2.75) is 19.9 Å². The molecular formula is C12H13ClN2S. The van der Waals surface area contributed by atoms with Gasteiger partial charge in [0.15, 0.2) is 0 Å². The van der Waals surface area contributed by atoms with Crippen LogP contribution in [-0.2, 0) is 0 Å². The first-order valence-electron chi connectivity index (χ1n) is 5.06. The molecule has 84 valence electrons. The van der Waals surface area contributed by atoms with Crippen molar-refractivity contribution in [3.8, 4) is 10.6 Å². The van der Waals surface area contributed by atoms with Crippen LogP contribution >= 0.6 is 22.9 Å². The second-order valence-electron chi connectivity index (χ2n) is 3.82. The lowest BCUT2D eigenvalue weighted by Crippen LogP contribution is -2.01. The molecule has 2 rings (SSSR count). The first-order valence-corrected chi connectivity index (χ1v) is 6.25. The lowest BCUT2D eigenvalue weighted by Gasteiger charge is -2.02. The van der Waals surface area contributed by atoms with Crippen molar-refractivity contribution in [3.63, 3.8) is 0 Å². The second kappa shape index (κ2) is 4.53. The Hall–Kier alpha value is -0.900. The number of hydrogen-bond acceptors (Lipinski definition) is 3. The van der Waals surface area contributed by atoms with Crippen molar-refractivity contribution in [2.75, 3.05) is 0 Å². The maximum Gasteiger partial charge on any atom is 0.123 e. The molecule has 1 atom stereocenters. The molecule has 0 aliphatic carbocycles. The lowest BCUT2D eigenvalue weighted by atomic mass is 10.1. The van der Waals surface area contributed by atoms with E-state index in [-0.39, 0.29) is 6.04 Å². The number of aryl methyl sites for hydroxylation is 1. The zero-order valence-electron chi connectivity index (χ0n) is 9.20. The third-order valence-electron chi connectivity index (χ3n) is 2.39. The Morgan fingerprint density at radius 2 is 2.19 bits per heavy atom. The lowest BCUT2D eigenvalue weighted by molar-refractivity contribution is 0.835. The standard InChI is InChI=1S/C12H13ClN2S/c1-7-5-9(13)3-4-10(7)12-15-6-11(16-12)8(2)14/h3-6,8H,14H2,1-2H3. The zero-order valence-corrected chi connectivity index (χ0v) is 10.8. The van der Waals surface area contributed by atoms with Gasteiger partial charge in [0.1, 0.15) is 5.01 Å². The van der Waals surface area contributed by atoms with Crippen LogP contribution in [0, 0.1) is 6.92 Å². The van der Waals surface area contributed by atoms with Crippen molar-refractivity contribution < 1.29 is 0 Å². The summed E-state index contributed by atoms with van der Waals surface area (Å²) in [7, 11) is 0. The van der Waals surface area contributed by atoms with Crippen LogP contribution in [0.15, 0.2) is 24.4 Å². The number of nitrogens with zero attached hydrogens (tertiary/aromatic N) is 1. The van der Waals surface area contributed by atoms with Gasteiger partial charge in [0.2, 0.25) is 0 Å². The van der Waals surface area contributed by atoms with E-state index in [4.69, 9.17) is 17.3 Å². The summed E-state index contributed by atoms with van der Waals surface area (Å²) in [6.07, 6.45) is 1.85. The van der Waals surface area contributed by atoms with Gasteiger partial charge in [-0.2, -0.15) is 0 Å². The minimum absolute atomic E-state index is 0.0406. The molecule has 0 bridgehead atoms. The van der Waals surface area contributed by atoms with Crippen LogP contribution < -0.4 is 5.73 Å². The molecule has 0 saturated heterocycles. The fourth-order valence-electron chi connectivity index (χ4n) is 1.49. The van der Waals surface area contributed by atoms with Gasteiger partial charge in [-0.25, -0.2) is 4.98 Å². The summed E-state index contributed by atoms with van der Waals surface area (Å²) >= 11 is 7.56. The van der Waals surface area contributed by atoms with Crippen molar-refractivity contribution >= 4 is 22.9 Å². The van der Waals surface area contributed by atoms with Crippen molar-refractivity contribution in [1.82, 2.24) is 4.98 Å². The van der Waals surface area contributed by atoms with Crippen molar-refractivity contribution in [1.29, 1.82) is 0 Å². The highest BCUT2D eigenvalue weighted by molar-refractivity contribution is 7.15. The molecular weight excluding hydrogens is 240 g/mol. The Labute approximate surface area is 104 Å². The summed E-state index contributed by atoms with van der Waals surface area (Å²) in [5.41, 5.74) is 8.08. The third-order valence-corrected chi connectivity index (χ3v) is 3.86. The van der Waals surface area contributed by atoms with Gasteiger partial charge in [-0.05, 0) is 31.5 Å². The predicted molar refractivity (Wildman–Crippen MR) is 69.9 cm³/mol. The van der Waals surface area contributed by atoms with Gasteiger partial charge in [-0.3, -0.25) is 0 Å². The van der Waals surface area contributed by atoms with E-state index in [9.17, 15) is 0 Å². The van der Waals surface area contributed by atoms with E-state index in [2.05, 4.69) is 4.98 Å². The maximum atomic E-state index is 5.92. The summed E-state index contributed by atoms with van der Waals surface area (Å²) in [5.74, 6) is 0. The van der Waals surface area contributed by atoms with Crippen LogP contribution in [0.25, 0.3) is 10.6 Å². The number of halogens is 1. The molecule has 4 heteroatoms. The van der Waals surface area contributed by atoms with Crippen LogP contribution in [0.2, 0.25) is 5.02 Å². The maximum absolute atomic E-state index is 5.92. The van der Waals surface area contributed by atoms with E-state index in [0.717, 1.165) is 26.0 Å². The molecule has 1 aromatic heterocycles. The van der Waals surface area contributed by atoms with Crippen LogP contribution in [0.3, 0.4) is 0 Å². The number of benzene rings is 1. The van der Waals surface area contributed by atoms with Gasteiger partial charge in [0.25, 0.3) is 0 Å². The average molecular weight is 253 g/mol. The van der Waals surface area contributed by atoms with E-state index in [1.54, 1.807) is 11.3 Å². The number of nitrogens with two attached hydrogens (primary N) is 1. The largest absolute Gasteiger partial charge is 0.323 e. The minimum Gasteiger partial charge on any atom is -0.323 e. The monoisotopic (exact) mass is 252 g/mol. The Kier molecular flexibility index (Phi) is 3.28. The summed E-state index contributed by atoms with van der Waals surface area (Å²) in [6, 6.07) is 5.88. The Morgan fingerprint density at radius 3 is 2.75 bits per heavy atom. The van der Waals surface area contributed by atoms with Gasteiger partial charge in [-0.15, -0.1) is 11.3 Å². The van der Waals surface area contributed by atoms with Gasteiger partial charge in [0, 0.05) is 27.7 Å². The molecule has 0 amide bonds. The minimum atomic E-state index is 0.0406. The fourth-order valence-corrected chi connectivity index (χ4v) is 2.67. The molecule has 0 saturated carbocycles. The quantitative estimate of drug-likeness (QED) is 0.883. The van der Waals surface area contributed by atoms with E-state index in [1.807, 2.05) is 38.2 Å². The Bertz CT molecular complexity index is 505. The van der Waals surface area contributed by atoms with Crippen LogP contribution in [0.1, 0.15) is 23.4 Å². The summed E-state index contributed by atoms with van der Waals surface area (Å²) in [6.45, 7) is 4.00. The Balaban J connectivity index is 2.42. The van der Waals surface area contributed by atoms with Crippen molar-refractivity contribution in [2.24, 2.45) is 5.73 Å². The molecule has 0 radical (unpaired) electrons. The second-order valence-corrected chi connectivity index (χ2v) is 5.31. The van der Waals surface area contributed by atoms with Gasteiger partial charge < -0.3 is 5.73 Å². The van der Waals surface area contributed by atoms with E-state index >= 15 is 0 Å². The molecule has 0 aliphatic heterocycles. The predicted octanol–water partition coefficient (Wildman–Crippen LogP) is 3.79. The number of rotatable bonds is 2. The van der Waals surface area contributed by atoms with E-state index < -0.39 is 0 Å². The highest BCUT2D eigenvalue weighted by atomic mass is 35.5. The number of hydrogen-bond donors (Lipinski definition) is 1. The summed E-state index contributed by atoms with van der Waals surface area (Å²) < 4.78 is 0. The van der Waals surface area contributed by atoms with Crippen molar-refractivity contribution in [3.05, 3.63) is 39.9 Å². The molecule has 0 aliphatic rings. The first-order chi connectivity index (χ1) is 7.58. The highest BCUT2D eigenvalue weighted by Gasteiger charge is 2.09. The molecule has 0 fully saturated rings. The molecule has 2 aromatic rings. The van der Waals surface area contributed by atoms with E-state index in [0.29, 0.717) is 0 Å². The molecule has 0 spiro atoms.